The maximum atomic E-state index is 12.0. The van der Waals surface area contributed by atoms with Gasteiger partial charge in [-0.3, -0.25) is 4.79 Å². The molecule has 7 nitrogen and oxygen atoms in total. The second-order valence-corrected chi connectivity index (χ2v) is 6.75. The predicted molar refractivity (Wildman–Crippen MR) is 97.9 cm³/mol. The quantitative estimate of drug-likeness (QED) is 0.573. The lowest BCUT2D eigenvalue weighted by atomic mass is 10.0. The monoisotopic (exact) mass is 359 g/mol. The van der Waals surface area contributed by atoms with Gasteiger partial charge >= 0.3 is 6.09 Å². The van der Waals surface area contributed by atoms with Crippen LogP contribution in [0.25, 0.3) is 0 Å². The topological polar surface area (TPSA) is 112 Å². The van der Waals surface area contributed by atoms with E-state index in [1.165, 1.54) is 0 Å². The van der Waals surface area contributed by atoms with Gasteiger partial charge in [0.2, 0.25) is 5.91 Å². The SMILES string of the molecule is CC(C)(C)OC(=O)/N=C(\CC(=O)NCCCO)Cc1ccc(C#N)cc1. The lowest BCUT2D eigenvalue weighted by Crippen LogP contribution is -2.28. The molecule has 0 unspecified atom stereocenters. The number of nitrogens with zero attached hydrogens (tertiary/aromatic N) is 2. The van der Waals surface area contributed by atoms with Crippen LogP contribution in [-0.2, 0) is 16.0 Å². The predicted octanol–water partition coefficient (Wildman–Crippen LogP) is 2.37. The Morgan fingerprint density at radius 3 is 2.46 bits per heavy atom. The number of carbonyl (C=O) groups excluding carboxylic acids is 2. The highest BCUT2D eigenvalue weighted by atomic mass is 16.6. The molecule has 0 aliphatic carbocycles. The molecule has 0 aromatic heterocycles. The zero-order valence-corrected chi connectivity index (χ0v) is 15.4. The third-order valence-corrected chi connectivity index (χ3v) is 3.16. The van der Waals surface area contributed by atoms with Crippen LogP contribution in [0.15, 0.2) is 29.3 Å². The van der Waals surface area contributed by atoms with Gasteiger partial charge in [-0.2, -0.15) is 10.3 Å². The first-order valence-electron chi connectivity index (χ1n) is 8.39. The number of aliphatic imine (C=N–C) groups is 1. The van der Waals surface area contributed by atoms with Crippen LogP contribution < -0.4 is 5.32 Å². The summed E-state index contributed by atoms with van der Waals surface area (Å²) in [5.41, 5.74) is 1.05. The van der Waals surface area contributed by atoms with Crippen LogP contribution in [0.3, 0.4) is 0 Å². The van der Waals surface area contributed by atoms with Crippen molar-refractivity contribution in [3.05, 3.63) is 35.4 Å². The Morgan fingerprint density at radius 1 is 1.27 bits per heavy atom. The number of hydrogen-bond acceptors (Lipinski definition) is 5. The molecule has 26 heavy (non-hydrogen) atoms. The summed E-state index contributed by atoms with van der Waals surface area (Å²) < 4.78 is 5.19. The summed E-state index contributed by atoms with van der Waals surface area (Å²) in [4.78, 5) is 27.9. The Bertz CT molecular complexity index is 682. The van der Waals surface area contributed by atoms with E-state index in [2.05, 4.69) is 10.3 Å². The number of benzene rings is 1. The number of amides is 2. The number of aliphatic hydroxyl groups excluding tert-OH is 1. The molecule has 0 saturated carbocycles. The van der Waals surface area contributed by atoms with E-state index in [0.29, 0.717) is 30.7 Å². The molecule has 0 radical (unpaired) electrons. The van der Waals surface area contributed by atoms with Crippen molar-refractivity contribution in [2.75, 3.05) is 13.2 Å². The number of hydrogen-bond donors (Lipinski definition) is 2. The van der Waals surface area contributed by atoms with Crippen LogP contribution in [-0.4, -0.2) is 41.6 Å². The lowest BCUT2D eigenvalue weighted by Gasteiger charge is -2.18. The Kier molecular flexibility index (Phi) is 8.46. The van der Waals surface area contributed by atoms with E-state index in [1.54, 1.807) is 45.0 Å². The number of nitriles is 1. The fourth-order valence-corrected chi connectivity index (χ4v) is 2.04. The molecule has 0 bridgehead atoms. The maximum absolute atomic E-state index is 12.0. The number of rotatable bonds is 7. The number of ether oxygens (including phenoxy) is 1. The van der Waals surface area contributed by atoms with Gasteiger partial charge in [-0.1, -0.05) is 12.1 Å². The van der Waals surface area contributed by atoms with Gasteiger partial charge in [0.15, 0.2) is 0 Å². The molecule has 0 fully saturated rings. The molecule has 140 valence electrons. The molecule has 0 saturated heterocycles. The van der Waals surface area contributed by atoms with Gasteiger partial charge in [-0.15, -0.1) is 0 Å². The standard InChI is InChI=1S/C19H25N3O4/c1-19(2,3)26-18(25)22-16(12-17(24)21-9-4-10-23)11-14-5-7-15(13-20)8-6-14/h5-8,23H,4,9-12H2,1-3H3,(H,21,24)/b22-16-. The Labute approximate surface area is 153 Å². The van der Waals surface area contributed by atoms with Gasteiger partial charge in [0, 0.05) is 25.3 Å². The van der Waals surface area contributed by atoms with Crippen molar-refractivity contribution in [1.29, 1.82) is 5.26 Å². The van der Waals surface area contributed by atoms with Crippen LogP contribution in [0.4, 0.5) is 4.79 Å². The highest BCUT2D eigenvalue weighted by Crippen LogP contribution is 2.11. The molecule has 1 rings (SSSR count). The zero-order chi connectivity index (χ0) is 19.6. The Morgan fingerprint density at radius 2 is 1.92 bits per heavy atom. The first-order chi connectivity index (χ1) is 12.2. The smallest absolute Gasteiger partial charge is 0.434 e. The summed E-state index contributed by atoms with van der Waals surface area (Å²) in [6.07, 6.45) is -0.0486. The minimum absolute atomic E-state index is 0.00955. The minimum Gasteiger partial charge on any atom is -0.442 e. The number of aliphatic hydroxyl groups is 1. The normalized spacial score (nSPS) is 11.6. The molecule has 0 atom stereocenters. The van der Waals surface area contributed by atoms with E-state index in [4.69, 9.17) is 15.1 Å². The molecule has 2 N–H and O–H groups in total. The molecular formula is C19H25N3O4. The van der Waals surface area contributed by atoms with Crippen molar-refractivity contribution in [1.82, 2.24) is 5.32 Å². The molecule has 1 aromatic rings. The van der Waals surface area contributed by atoms with Crippen molar-refractivity contribution in [2.24, 2.45) is 4.99 Å². The van der Waals surface area contributed by atoms with E-state index in [9.17, 15) is 9.59 Å². The highest BCUT2D eigenvalue weighted by molar-refractivity contribution is 6.05. The summed E-state index contributed by atoms with van der Waals surface area (Å²) >= 11 is 0. The largest absolute Gasteiger partial charge is 0.442 e. The van der Waals surface area contributed by atoms with Gasteiger partial charge in [-0.05, 0) is 44.9 Å². The molecule has 0 spiro atoms. The second kappa shape index (κ2) is 10.3. The fourth-order valence-electron chi connectivity index (χ4n) is 2.04. The van der Waals surface area contributed by atoms with Crippen LogP contribution in [0.1, 0.15) is 44.7 Å². The number of carbonyl (C=O) groups is 2. The van der Waals surface area contributed by atoms with Crippen LogP contribution in [0, 0.1) is 11.3 Å². The van der Waals surface area contributed by atoms with Crippen molar-refractivity contribution in [2.45, 2.75) is 45.6 Å². The van der Waals surface area contributed by atoms with Gasteiger partial charge < -0.3 is 15.2 Å². The summed E-state index contributed by atoms with van der Waals surface area (Å²) in [6.45, 7) is 5.56. The molecular weight excluding hydrogens is 334 g/mol. The first kappa shape index (κ1) is 21.3. The molecule has 0 heterocycles. The Balaban J connectivity index is 2.87. The van der Waals surface area contributed by atoms with Gasteiger partial charge in [-0.25, -0.2) is 4.79 Å². The molecule has 0 aliphatic heterocycles. The van der Waals surface area contributed by atoms with Crippen molar-refractivity contribution in [3.8, 4) is 6.07 Å². The van der Waals surface area contributed by atoms with Crippen LogP contribution in [0.2, 0.25) is 0 Å². The van der Waals surface area contributed by atoms with Gasteiger partial charge in [0.05, 0.1) is 18.1 Å². The Hall–Kier alpha value is -2.72. The summed E-state index contributed by atoms with van der Waals surface area (Å²) in [7, 11) is 0. The first-order valence-corrected chi connectivity index (χ1v) is 8.39. The third-order valence-electron chi connectivity index (χ3n) is 3.16. The van der Waals surface area contributed by atoms with Gasteiger partial charge in [0.25, 0.3) is 0 Å². The van der Waals surface area contributed by atoms with E-state index < -0.39 is 11.7 Å². The third kappa shape index (κ3) is 8.94. The summed E-state index contributed by atoms with van der Waals surface area (Å²) in [5.74, 6) is -0.283. The summed E-state index contributed by atoms with van der Waals surface area (Å²) in [6, 6.07) is 8.89. The van der Waals surface area contributed by atoms with E-state index in [0.717, 1.165) is 5.56 Å². The second-order valence-electron chi connectivity index (χ2n) is 6.75. The maximum Gasteiger partial charge on any atom is 0.434 e. The average Bonchev–Trinajstić information content (AvgIpc) is 2.54. The van der Waals surface area contributed by atoms with Crippen molar-refractivity contribution >= 4 is 17.7 Å². The van der Waals surface area contributed by atoms with Crippen LogP contribution >= 0.6 is 0 Å². The fraction of sp³-hybridized carbons (Fsp3) is 0.474. The number of nitrogens with one attached hydrogen (secondary N) is 1. The van der Waals surface area contributed by atoms with E-state index in [1.807, 2.05) is 6.07 Å². The highest BCUT2D eigenvalue weighted by Gasteiger charge is 2.17. The van der Waals surface area contributed by atoms with Crippen LogP contribution in [0.5, 0.6) is 0 Å². The lowest BCUT2D eigenvalue weighted by molar-refractivity contribution is -0.119. The summed E-state index contributed by atoms with van der Waals surface area (Å²) in [5, 5.41) is 20.3. The zero-order valence-electron chi connectivity index (χ0n) is 15.4. The van der Waals surface area contributed by atoms with E-state index in [-0.39, 0.29) is 18.9 Å². The van der Waals surface area contributed by atoms with E-state index >= 15 is 0 Å². The van der Waals surface area contributed by atoms with Crippen molar-refractivity contribution in [3.63, 3.8) is 0 Å². The molecule has 7 heteroatoms. The molecule has 2 amide bonds. The van der Waals surface area contributed by atoms with Crippen molar-refractivity contribution < 1.29 is 19.4 Å². The molecule has 1 aromatic carbocycles. The molecule has 0 aliphatic rings. The minimum atomic E-state index is -0.746. The van der Waals surface area contributed by atoms with Gasteiger partial charge in [0.1, 0.15) is 5.60 Å². The average molecular weight is 359 g/mol.